The van der Waals surface area contributed by atoms with E-state index in [1.807, 2.05) is 31.2 Å². The smallest absolute Gasteiger partial charge is 0.147 e. The number of ether oxygens (including phenoxy) is 1. The van der Waals surface area contributed by atoms with E-state index in [9.17, 15) is 0 Å². The first-order valence-electron chi connectivity index (χ1n) is 5.45. The van der Waals surface area contributed by atoms with Crippen LogP contribution >= 0.6 is 22.9 Å². The Morgan fingerprint density at radius 3 is 2.65 bits per heavy atom. The molecule has 0 bridgehead atoms. The van der Waals surface area contributed by atoms with E-state index in [1.54, 1.807) is 11.3 Å². The van der Waals surface area contributed by atoms with Crippen LogP contribution in [0.3, 0.4) is 0 Å². The number of benzene rings is 1. The molecule has 1 aromatic carbocycles. The van der Waals surface area contributed by atoms with Crippen molar-refractivity contribution in [2.45, 2.75) is 13.3 Å². The van der Waals surface area contributed by atoms with Crippen molar-refractivity contribution in [1.82, 2.24) is 10.2 Å². The monoisotopic (exact) mass is 268 g/mol. The van der Waals surface area contributed by atoms with Crippen molar-refractivity contribution in [3.63, 3.8) is 0 Å². The van der Waals surface area contributed by atoms with Gasteiger partial charge in [0, 0.05) is 17.9 Å². The van der Waals surface area contributed by atoms with Crippen molar-refractivity contribution in [3.05, 3.63) is 29.3 Å². The third kappa shape index (κ3) is 3.17. The van der Waals surface area contributed by atoms with Crippen LogP contribution in [0.5, 0.6) is 5.75 Å². The minimum Gasteiger partial charge on any atom is -0.494 e. The topological polar surface area (TPSA) is 35.0 Å². The summed E-state index contributed by atoms with van der Waals surface area (Å²) in [7, 11) is 0. The van der Waals surface area contributed by atoms with E-state index in [2.05, 4.69) is 10.2 Å². The summed E-state index contributed by atoms with van der Waals surface area (Å²) in [4.78, 5) is 0. The number of alkyl halides is 1. The number of rotatable bonds is 5. The Morgan fingerprint density at radius 2 is 2.00 bits per heavy atom. The molecule has 0 fully saturated rings. The summed E-state index contributed by atoms with van der Waals surface area (Å²) >= 11 is 7.25. The van der Waals surface area contributed by atoms with Crippen LogP contribution in [0.1, 0.15) is 11.9 Å². The molecule has 0 aliphatic rings. The molecule has 5 heteroatoms. The van der Waals surface area contributed by atoms with Gasteiger partial charge in [0.05, 0.1) is 6.61 Å². The Morgan fingerprint density at radius 1 is 1.24 bits per heavy atom. The third-order valence-electron chi connectivity index (χ3n) is 2.19. The van der Waals surface area contributed by atoms with Crippen molar-refractivity contribution >= 4 is 22.9 Å². The van der Waals surface area contributed by atoms with Gasteiger partial charge < -0.3 is 4.74 Å². The highest BCUT2D eigenvalue weighted by Gasteiger charge is 2.06. The van der Waals surface area contributed by atoms with Crippen LogP contribution in [0.4, 0.5) is 0 Å². The average Bonchev–Trinajstić information content (AvgIpc) is 2.80. The zero-order valence-corrected chi connectivity index (χ0v) is 11.1. The average molecular weight is 269 g/mol. The van der Waals surface area contributed by atoms with Gasteiger partial charge in [0.2, 0.25) is 0 Å². The summed E-state index contributed by atoms with van der Waals surface area (Å²) in [6.45, 7) is 2.65. The molecule has 0 radical (unpaired) electrons. The summed E-state index contributed by atoms with van der Waals surface area (Å²) in [5, 5.41) is 10.1. The molecule has 0 aliphatic carbocycles. The molecular weight excluding hydrogens is 256 g/mol. The normalized spacial score (nSPS) is 10.5. The molecule has 90 valence electrons. The van der Waals surface area contributed by atoms with E-state index in [1.165, 1.54) is 0 Å². The van der Waals surface area contributed by atoms with Gasteiger partial charge in [-0.3, -0.25) is 0 Å². The molecular formula is C12H13ClN2OS. The van der Waals surface area contributed by atoms with Crippen LogP contribution < -0.4 is 4.74 Å². The first-order chi connectivity index (χ1) is 8.33. The quantitative estimate of drug-likeness (QED) is 0.780. The van der Waals surface area contributed by atoms with E-state index >= 15 is 0 Å². The summed E-state index contributed by atoms with van der Waals surface area (Å²) in [5.41, 5.74) is 1.06. The Balaban J connectivity index is 2.15. The highest BCUT2D eigenvalue weighted by atomic mass is 35.5. The van der Waals surface area contributed by atoms with Gasteiger partial charge in [0.15, 0.2) is 0 Å². The van der Waals surface area contributed by atoms with Gasteiger partial charge in [-0.15, -0.1) is 21.8 Å². The van der Waals surface area contributed by atoms with Crippen molar-refractivity contribution in [2.24, 2.45) is 0 Å². The lowest BCUT2D eigenvalue weighted by Crippen LogP contribution is -1.90. The first kappa shape index (κ1) is 12.3. The predicted molar refractivity (Wildman–Crippen MR) is 70.9 cm³/mol. The molecule has 0 saturated heterocycles. The maximum absolute atomic E-state index is 5.67. The van der Waals surface area contributed by atoms with Crippen LogP contribution in [0.2, 0.25) is 0 Å². The Hall–Kier alpha value is -1.13. The SMILES string of the molecule is CCOc1ccc(-c2nnc(CCCl)s2)cc1. The second kappa shape index (κ2) is 5.98. The molecule has 0 spiro atoms. The zero-order chi connectivity index (χ0) is 12.1. The van der Waals surface area contributed by atoms with Crippen LogP contribution in [0.15, 0.2) is 24.3 Å². The third-order valence-corrected chi connectivity index (χ3v) is 3.41. The number of hydrogen-bond donors (Lipinski definition) is 0. The fourth-order valence-corrected chi connectivity index (χ4v) is 2.55. The van der Waals surface area contributed by atoms with Gasteiger partial charge in [-0.05, 0) is 31.2 Å². The van der Waals surface area contributed by atoms with Crippen LogP contribution in [-0.2, 0) is 6.42 Å². The fourth-order valence-electron chi connectivity index (χ4n) is 1.41. The predicted octanol–water partition coefficient (Wildman–Crippen LogP) is 3.39. The largest absolute Gasteiger partial charge is 0.494 e. The second-order valence-corrected chi connectivity index (χ2v) is 4.84. The van der Waals surface area contributed by atoms with Crippen molar-refractivity contribution in [3.8, 4) is 16.3 Å². The number of aromatic nitrogens is 2. The maximum atomic E-state index is 5.67. The summed E-state index contributed by atoms with van der Waals surface area (Å²) in [6.07, 6.45) is 0.774. The molecule has 0 aliphatic heterocycles. The Bertz CT molecular complexity index is 470. The van der Waals surface area contributed by atoms with Crippen molar-refractivity contribution in [2.75, 3.05) is 12.5 Å². The summed E-state index contributed by atoms with van der Waals surface area (Å²) in [5.74, 6) is 1.46. The van der Waals surface area contributed by atoms with Crippen LogP contribution in [0.25, 0.3) is 10.6 Å². The van der Waals surface area contributed by atoms with Gasteiger partial charge in [-0.2, -0.15) is 0 Å². The molecule has 1 heterocycles. The number of nitrogens with zero attached hydrogens (tertiary/aromatic N) is 2. The van der Waals surface area contributed by atoms with E-state index in [0.717, 1.165) is 27.7 Å². The Labute approximate surface area is 109 Å². The molecule has 1 aromatic heterocycles. The van der Waals surface area contributed by atoms with E-state index < -0.39 is 0 Å². The Kier molecular flexibility index (Phi) is 4.34. The lowest BCUT2D eigenvalue weighted by molar-refractivity contribution is 0.340. The number of aryl methyl sites for hydroxylation is 1. The van der Waals surface area contributed by atoms with Crippen LogP contribution in [-0.4, -0.2) is 22.7 Å². The molecule has 0 saturated carbocycles. The zero-order valence-electron chi connectivity index (χ0n) is 9.52. The van der Waals surface area contributed by atoms with E-state index in [-0.39, 0.29) is 0 Å². The molecule has 3 nitrogen and oxygen atoms in total. The molecule has 2 rings (SSSR count). The lowest BCUT2D eigenvalue weighted by atomic mass is 10.2. The minimum atomic E-state index is 0.581. The van der Waals surface area contributed by atoms with Gasteiger partial charge in [0.25, 0.3) is 0 Å². The molecule has 17 heavy (non-hydrogen) atoms. The van der Waals surface area contributed by atoms with E-state index in [4.69, 9.17) is 16.3 Å². The molecule has 0 N–H and O–H groups in total. The van der Waals surface area contributed by atoms with Gasteiger partial charge in [-0.1, -0.05) is 11.3 Å². The molecule has 0 amide bonds. The fraction of sp³-hybridized carbons (Fsp3) is 0.333. The maximum Gasteiger partial charge on any atom is 0.147 e. The van der Waals surface area contributed by atoms with Crippen molar-refractivity contribution in [1.29, 1.82) is 0 Å². The number of hydrogen-bond acceptors (Lipinski definition) is 4. The van der Waals surface area contributed by atoms with Gasteiger partial charge in [-0.25, -0.2) is 0 Å². The second-order valence-electron chi connectivity index (χ2n) is 3.40. The first-order valence-corrected chi connectivity index (χ1v) is 6.80. The highest BCUT2D eigenvalue weighted by molar-refractivity contribution is 7.14. The van der Waals surface area contributed by atoms with Gasteiger partial charge >= 0.3 is 0 Å². The van der Waals surface area contributed by atoms with Crippen LogP contribution in [0, 0.1) is 0 Å². The van der Waals surface area contributed by atoms with Gasteiger partial charge in [0.1, 0.15) is 15.8 Å². The number of halogens is 1. The molecule has 0 unspecified atom stereocenters. The lowest BCUT2D eigenvalue weighted by Gasteiger charge is -2.02. The summed E-state index contributed by atoms with van der Waals surface area (Å²) in [6, 6.07) is 7.88. The van der Waals surface area contributed by atoms with E-state index in [0.29, 0.717) is 12.5 Å². The highest BCUT2D eigenvalue weighted by Crippen LogP contribution is 2.25. The molecule has 2 aromatic rings. The standard InChI is InChI=1S/C12H13ClN2OS/c1-2-16-10-5-3-9(4-6-10)12-15-14-11(17-12)7-8-13/h3-6H,2,7-8H2,1H3. The minimum absolute atomic E-state index is 0.581. The summed E-state index contributed by atoms with van der Waals surface area (Å²) < 4.78 is 5.39. The van der Waals surface area contributed by atoms with Crippen molar-refractivity contribution < 1.29 is 4.74 Å². The molecule has 0 atom stereocenters.